The standard InChI is InChI=1S/C13H16N2O/c1-9(6-7-16)11-4-5-12-13(8-11)15(3)10(2)14-12/h4-5,7-9H,6H2,1-3H3. The molecule has 0 fully saturated rings. The lowest BCUT2D eigenvalue weighted by molar-refractivity contribution is -0.108. The van der Waals surface area contributed by atoms with E-state index in [0.29, 0.717) is 6.42 Å². The average Bonchev–Trinajstić information content (AvgIpc) is 2.55. The Bertz CT molecular complexity index is 528. The van der Waals surface area contributed by atoms with Crippen LogP contribution in [0.15, 0.2) is 18.2 Å². The van der Waals surface area contributed by atoms with E-state index in [-0.39, 0.29) is 5.92 Å². The monoisotopic (exact) mass is 216 g/mol. The Labute approximate surface area is 95.1 Å². The van der Waals surface area contributed by atoms with Gasteiger partial charge in [0, 0.05) is 13.5 Å². The van der Waals surface area contributed by atoms with Crippen LogP contribution in [0.1, 0.15) is 30.7 Å². The summed E-state index contributed by atoms with van der Waals surface area (Å²) in [7, 11) is 2.01. The van der Waals surface area contributed by atoms with E-state index in [0.717, 1.165) is 23.1 Å². The van der Waals surface area contributed by atoms with Crippen LogP contribution in [-0.2, 0) is 11.8 Å². The van der Waals surface area contributed by atoms with E-state index in [9.17, 15) is 4.79 Å². The normalized spacial score (nSPS) is 12.9. The molecule has 0 aliphatic heterocycles. The number of hydrogen-bond acceptors (Lipinski definition) is 2. The minimum Gasteiger partial charge on any atom is -0.331 e. The zero-order chi connectivity index (χ0) is 11.7. The van der Waals surface area contributed by atoms with Gasteiger partial charge >= 0.3 is 0 Å². The lowest BCUT2D eigenvalue weighted by Crippen LogP contribution is -1.95. The van der Waals surface area contributed by atoms with Crippen molar-refractivity contribution < 1.29 is 4.79 Å². The molecule has 3 nitrogen and oxygen atoms in total. The fourth-order valence-electron chi connectivity index (χ4n) is 1.91. The van der Waals surface area contributed by atoms with Crippen LogP contribution in [0.3, 0.4) is 0 Å². The third-order valence-corrected chi connectivity index (χ3v) is 3.15. The number of carbonyl (C=O) groups is 1. The Balaban J connectivity index is 2.50. The number of fused-ring (bicyclic) bond motifs is 1. The maximum Gasteiger partial charge on any atom is 0.120 e. The summed E-state index contributed by atoms with van der Waals surface area (Å²) in [5.41, 5.74) is 3.34. The van der Waals surface area contributed by atoms with Crippen molar-refractivity contribution in [3.63, 3.8) is 0 Å². The molecule has 1 heterocycles. The van der Waals surface area contributed by atoms with Crippen LogP contribution >= 0.6 is 0 Å². The summed E-state index contributed by atoms with van der Waals surface area (Å²) in [6.07, 6.45) is 1.55. The van der Waals surface area contributed by atoms with Crippen LogP contribution in [0, 0.1) is 6.92 Å². The largest absolute Gasteiger partial charge is 0.331 e. The molecule has 1 aromatic carbocycles. The van der Waals surface area contributed by atoms with Crippen molar-refractivity contribution in [2.24, 2.45) is 7.05 Å². The van der Waals surface area contributed by atoms with Crippen molar-refractivity contribution in [2.75, 3.05) is 0 Å². The lowest BCUT2D eigenvalue weighted by atomic mass is 9.98. The molecule has 0 radical (unpaired) electrons. The molecule has 0 bridgehead atoms. The predicted octanol–water partition coefficient (Wildman–Crippen LogP) is 2.57. The minimum atomic E-state index is 0.275. The summed E-state index contributed by atoms with van der Waals surface area (Å²) in [4.78, 5) is 15.0. The highest BCUT2D eigenvalue weighted by atomic mass is 16.1. The van der Waals surface area contributed by atoms with E-state index in [4.69, 9.17) is 0 Å². The van der Waals surface area contributed by atoms with Gasteiger partial charge in [-0.25, -0.2) is 4.98 Å². The minimum absolute atomic E-state index is 0.275. The zero-order valence-electron chi connectivity index (χ0n) is 9.90. The molecular weight excluding hydrogens is 200 g/mol. The van der Waals surface area contributed by atoms with Crippen molar-refractivity contribution in [1.29, 1.82) is 0 Å². The first-order valence-corrected chi connectivity index (χ1v) is 5.50. The molecule has 0 saturated heterocycles. The number of rotatable bonds is 3. The lowest BCUT2D eigenvalue weighted by Gasteiger charge is -2.08. The Morgan fingerprint density at radius 1 is 1.50 bits per heavy atom. The van der Waals surface area contributed by atoms with Gasteiger partial charge in [0.25, 0.3) is 0 Å². The van der Waals surface area contributed by atoms with E-state index in [1.807, 2.05) is 20.0 Å². The first-order valence-electron chi connectivity index (χ1n) is 5.50. The fraction of sp³-hybridized carbons (Fsp3) is 0.385. The van der Waals surface area contributed by atoms with Gasteiger partial charge in [0.2, 0.25) is 0 Å². The van der Waals surface area contributed by atoms with Gasteiger partial charge in [0.1, 0.15) is 12.1 Å². The number of imidazole rings is 1. The van der Waals surface area contributed by atoms with Crippen molar-refractivity contribution in [1.82, 2.24) is 9.55 Å². The molecule has 3 heteroatoms. The molecule has 2 aromatic rings. The van der Waals surface area contributed by atoms with Gasteiger partial charge in [0.05, 0.1) is 11.0 Å². The Kier molecular flexibility index (Phi) is 2.77. The second kappa shape index (κ2) is 4.08. The second-order valence-corrected chi connectivity index (χ2v) is 4.27. The van der Waals surface area contributed by atoms with Gasteiger partial charge in [-0.3, -0.25) is 0 Å². The Hall–Kier alpha value is -1.64. The SMILES string of the molecule is Cc1nc2ccc(C(C)CC=O)cc2n1C. The smallest absolute Gasteiger partial charge is 0.120 e. The van der Waals surface area contributed by atoms with Gasteiger partial charge in [0.15, 0.2) is 0 Å². The Morgan fingerprint density at radius 2 is 2.25 bits per heavy atom. The predicted molar refractivity (Wildman–Crippen MR) is 64.5 cm³/mol. The third-order valence-electron chi connectivity index (χ3n) is 3.15. The number of aldehydes is 1. The summed E-state index contributed by atoms with van der Waals surface area (Å²) >= 11 is 0. The van der Waals surface area contributed by atoms with E-state index in [2.05, 4.69) is 28.6 Å². The number of aryl methyl sites for hydroxylation is 2. The molecule has 1 aromatic heterocycles. The van der Waals surface area contributed by atoms with Gasteiger partial charge in [-0.2, -0.15) is 0 Å². The van der Waals surface area contributed by atoms with Crippen molar-refractivity contribution in [2.45, 2.75) is 26.2 Å². The average molecular weight is 216 g/mol. The molecule has 84 valence electrons. The summed E-state index contributed by atoms with van der Waals surface area (Å²) in [5.74, 6) is 1.28. The number of aromatic nitrogens is 2. The van der Waals surface area contributed by atoms with Crippen LogP contribution in [0.5, 0.6) is 0 Å². The molecule has 0 spiro atoms. The second-order valence-electron chi connectivity index (χ2n) is 4.27. The molecule has 16 heavy (non-hydrogen) atoms. The van der Waals surface area contributed by atoms with E-state index >= 15 is 0 Å². The van der Waals surface area contributed by atoms with Crippen LogP contribution in [0.2, 0.25) is 0 Å². The zero-order valence-corrected chi connectivity index (χ0v) is 9.90. The van der Waals surface area contributed by atoms with E-state index in [1.54, 1.807) is 0 Å². The molecule has 0 aliphatic rings. The highest BCUT2D eigenvalue weighted by molar-refractivity contribution is 5.77. The van der Waals surface area contributed by atoms with Crippen molar-refractivity contribution in [3.8, 4) is 0 Å². The molecular formula is C13H16N2O. The first-order chi connectivity index (χ1) is 7.63. The van der Waals surface area contributed by atoms with Crippen LogP contribution < -0.4 is 0 Å². The van der Waals surface area contributed by atoms with Gasteiger partial charge in [-0.05, 0) is 30.5 Å². The van der Waals surface area contributed by atoms with Crippen molar-refractivity contribution in [3.05, 3.63) is 29.6 Å². The molecule has 0 aliphatic carbocycles. The quantitative estimate of drug-likeness (QED) is 0.739. The summed E-state index contributed by atoms with van der Waals surface area (Å²) in [6, 6.07) is 6.21. The number of hydrogen-bond donors (Lipinski definition) is 0. The Morgan fingerprint density at radius 3 is 2.94 bits per heavy atom. The topological polar surface area (TPSA) is 34.9 Å². The highest BCUT2D eigenvalue weighted by Gasteiger charge is 2.09. The molecule has 0 amide bonds. The number of carbonyl (C=O) groups excluding carboxylic acids is 1. The maximum atomic E-state index is 10.5. The summed E-state index contributed by atoms with van der Waals surface area (Å²) in [5, 5.41) is 0. The van der Waals surface area contributed by atoms with Crippen LogP contribution in [0.4, 0.5) is 0 Å². The van der Waals surface area contributed by atoms with E-state index in [1.165, 1.54) is 5.56 Å². The van der Waals surface area contributed by atoms with E-state index < -0.39 is 0 Å². The molecule has 0 N–H and O–H groups in total. The van der Waals surface area contributed by atoms with Gasteiger partial charge < -0.3 is 9.36 Å². The van der Waals surface area contributed by atoms with Gasteiger partial charge in [-0.15, -0.1) is 0 Å². The molecule has 0 saturated carbocycles. The number of benzene rings is 1. The fourth-order valence-corrected chi connectivity index (χ4v) is 1.91. The molecule has 1 unspecified atom stereocenters. The van der Waals surface area contributed by atoms with Crippen LogP contribution in [0.25, 0.3) is 11.0 Å². The van der Waals surface area contributed by atoms with Crippen molar-refractivity contribution >= 4 is 17.3 Å². The highest BCUT2D eigenvalue weighted by Crippen LogP contribution is 2.23. The number of nitrogens with zero attached hydrogens (tertiary/aromatic N) is 2. The summed E-state index contributed by atoms with van der Waals surface area (Å²) < 4.78 is 2.08. The molecule has 2 rings (SSSR count). The third kappa shape index (κ3) is 1.73. The molecule has 1 atom stereocenters. The van der Waals surface area contributed by atoms with Crippen LogP contribution in [-0.4, -0.2) is 15.8 Å². The first kappa shape index (κ1) is 10.9. The van der Waals surface area contributed by atoms with Gasteiger partial charge in [-0.1, -0.05) is 13.0 Å². The maximum absolute atomic E-state index is 10.5. The summed E-state index contributed by atoms with van der Waals surface area (Å²) in [6.45, 7) is 4.06.